The van der Waals surface area contributed by atoms with Gasteiger partial charge in [-0.15, -0.1) is 10.2 Å². The monoisotopic (exact) mass is 286 g/mol. The first kappa shape index (κ1) is 13.7. The second kappa shape index (κ2) is 6.03. The highest BCUT2D eigenvalue weighted by atomic mass is 16.5. The molecule has 0 saturated heterocycles. The van der Waals surface area contributed by atoms with Crippen molar-refractivity contribution >= 4 is 16.9 Å². The average molecular weight is 286 g/mol. The average Bonchev–Trinajstić information content (AvgIpc) is 2.54. The van der Waals surface area contributed by atoms with E-state index < -0.39 is 0 Å². The van der Waals surface area contributed by atoms with Gasteiger partial charge >= 0.3 is 0 Å². The minimum absolute atomic E-state index is 0.112. The predicted molar refractivity (Wildman–Crippen MR) is 78.2 cm³/mol. The lowest BCUT2D eigenvalue weighted by Gasteiger charge is -2.22. The Kier molecular flexibility index (Phi) is 3.94. The van der Waals surface area contributed by atoms with Gasteiger partial charge < -0.3 is 10.1 Å². The van der Waals surface area contributed by atoms with Gasteiger partial charge in [0.05, 0.1) is 12.6 Å². The van der Waals surface area contributed by atoms with E-state index in [1.165, 1.54) is 19.3 Å². The number of methoxy groups -OCH3 is 1. The summed E-state index contributed by atoms with van der Waals surface area (Å²) >= 11 is 0. The van der Waals surface area contributed by atoms with E-state index in [1.807, 2.05) is 0 Å². The van der Waals surface area contributed by atoms with Crippen molar-refractivity contribution in [3.8, 4) is 5.75 Å². The van der Waals surface area contributed by atoms with Crippen LogP contribution in [0.5, 0.6) is 5.75 Å². The highest BCUT2D eigenvalue weighted by Gasteiger charge is 2.19. The van der Waals surface area contributed by atoms with Gasteiger partial charge in [0.1, 0.15) is 11.3 Å². The molecule has 0 unspecified atom stereocenters. The Bertz CT molecular complexity index is 653. The third kappa shape index (κ3) is 3.09. The maximum Gasteiger partial charge on any atom is 0.291 e. The topological polar surface area (TPSA) is 77.0 Å². The molecule has 1 aliphatic rings. The molecule has 0 radical (unpaired) electrons. The Balaban J connectivity index is 1.80. The van der Waals surface area contributed by atoms with Crippen molar-refractivity contribution in [2.45, 2.75) is 38.1 Å². The molecule has 0 spiro atoms. The minimum Gasteiger partial charge on any atom is -0.497 e. The van der Waals surface area contributed by atoms with E-state index in [9.17, 15) is 4.79 Å². The van der Waals surface area contributed by atoms with Gasteiger partial charge in [0, 0.05) is 12.1 Å². The van der Waals surface area contributed by atoms with Gasteiger partial charge in [-0.3, -0.25) is 4.79 Å². The summed E-state index contributed by atoms with van der Waals surface area (Å²) in [4.78, 5) is 16.5. The zero-order valence-electron chi connectivity index (χ0n) is 12.0. The first-order valence-electron chi connectivity index (χ1n) is 7.25. The molecule has 1 fully saturated rings. The number of carbonyl (C=O) groups is 1. The maximum atomic E-state index is 12.2. The molecule has 6 nitrogen and oxygen atoms in total. The molecular weight excluding hydrogens is 268 g/mol. The van der Waals surface area contributed by atoms with Crippen molar-refractivity contribution in [2.24, 2.45) is 0 Å². The molecule has 3 rings (SSSR count). The lowest BCUT2D eigenvalue weighted by atomic mass is 9.95. The van der Waals surface area contributed by atoms with E-state index in [2.05, 4.69) is 20.5 Å². The van der Waals surface area contributed by atoms with Gasteiger partial charge in [0.15, 0.2) is 0 Å². The first-order chi connectivity index (χ1) is 10.3. The van der Waals surface area contributed by atoms with Gasteiger partial charge in [-0.05, 0) is 25.0 Å². The van der Waals surface area contributed by atoms with E-state index >= 15 is 0 Å². The summed E-state index contributed by atoms with van der Waals surface area (Å²) in [5.74, 6) is 0.544. The second-order valence-corrected chi connectivity index (χ2v) is 5.30. The number of hydrogen-bond acceptors (Lipinski definition) is 5. The molecule has 110 valence electrons. The Hall–Kier alpha value is -2.24. The number of aromatic nitrogens is 3. The predicted octanol–water partition coefficient (Wildman–Crippen LogP) is 2.10. The fourth-order valence-corrected chi connectivity index (χ4v) is 2.64. The van der Waals surface area contributed by atoms with Crippen LogP contribution in [0.15, 0.2) is 18.2 Å². The molecule has 0 atom stereocenters. The quantitative estimate of drug-likeness (QED) is 0.935. The Morgan fingerprint density at radius 1 is 1.19 bits per heavy atom. The number of ether oxygens (including phenoxy) is 1. The number of carbonyl (C=O) groups excluding carboxylic acids is 1. The van der Waals surface area contributed by atoms with Crippen LogP contribution in [-0.4, -0.2) is 34.2 Å². The van der Waals surface area contributed by atoms with E-state index in [-0.39, 0.29) is 17.8 Å². The van der Waals surface area contributed by atoms with E-state index in [0.29, 0.717) is 16.8 Å². The van der Waals surface area contributed by atoms with Crippen molar-refractivity contribution < 1.29 is 9.53 Å². The van der Waals surface area contributed by atoms with Gasteiger partial charge in [0.2, 0.25) is 5.82 Å². The fraction of sp³-hybridized carbons (Fsp3) is 0.467. The molecule has 0 bridgehead atoms. The van der Waals surface area contributed by atoms with Gasteiger partial charge in [-0.25, -0.2) is 4.98 Å². The van der Waals surface area contributed by atoms with Crippen molar-refractivity contribution in [3.05, 3.63) is 24.0 Å². The lowest BCUT2D eigenvalue weighted by molar-refractivity contribution is 0.0916. The number of rotatable bonds is 3. The largest absolute Gasteiger partial charge is 0.497 e. The van der Waals surface area contributed by atoms with Crippen LogP contribution in [0.4, 0.5) is 0 Å². The molecule has 21 heavy (non-hydrogen) atoms. The third-order valence-corrected chi connectivity index (χ3v) is 3.80. The summed E-state index contributed by atoms with van der Waals surface area (Å²) in [7, 11) is 1.59. The number of nitrogens with zero attached hydrogens (tertiary/aromatic N) is 3. The number of amides is 1. The molecule has 6 heteroatoms. The highest BCUT2D eigenvalue weighted by molar-refractivity contribution is 5.92. The number of hydrogen-bond donors (Lipinski definition) is 1. The lowest BCUT2D eigenvalue weighted by Crippen LogP contribution is -2.37. The van der Waals surface area contributed by atoms with Gasteiger partial charge in [0.25, 0.3) is 5.91 Å². The van der Waals surface area contributed by atoms with Crippen molar-refractivity contribution in [1.82, 2.24) is 20.5 Å². The summed E-state index contributed by atoms with van der Waals surface area (Å²) in [6.45, 7) is 0. The van der Waals surface area contributed by atoms with Gasteiger partial charge in [-0.1, -0.05) is 19.3 Å². The molecule has 0 aliphatic heterocycles. The Morgan fingerprint density at radius 3 is 2.76 bits per heavy atom. The molecule has 1 N–H and O–H groups in total. The zero-order chi connectivity index (χ0) is 14.7. The van der Waals surface area contributed by atoms with Crippen molar-refractivity contribution in [3.63, 3.8) is 0 Å². The second-order valence-electron chi connectivity index (χ2n) is 5.30. The van der Waals surface area contributed by atoms with Crippen LogP contribution < -0.4 is 10.1 Å². The zero-order valence-corrected chi connectivity index (χ0v) is 12.0. The normalized spacial score (nSPS) is 15.9. The Morgan fingerprint density at radius 2 is 2.00 bits per heavy atom. The third-order valence-electron chi connectivity index (χ3n) is 3.80. The van der Waals surface area contributed by atoms with Crippen molar-refractivity contribution in [2.75, 3.05) is 7.11 Å². The van der Waals surface area contributed by atoms with Crippen LogP contribution in [0.3, 0.4) is 0 Å². The number of fused-ring (bicyclic) bond motifs is 1. The van der Waals surface area contributed by atoms with Crippen LogP contribution in [0.2, 0.25) is 0 Å². The van der Waals surface area contributed by atoms with E-state index in [0.717, 1.165) is 12.8 Å². The van der Waals surface area contributed by atoms with Crippen molar-refractivity contribution in [1.29, 1.82) is 0 Å². The molecule has 2 aromatic rings. The van der Waals surface area contributed by atoms with Crippen LogP contribution in [0.25, 0.3) is 11.0 Å². The highest BCUT2D eigenvalue weighted by Crippen LogP contribution is 2.18. The summed E-state index contributed by atoms with van der Waals surface area (Å²) in [6.07, 6.45) is 5.64. The standard InChI is InChI=1S/C15H18N4O2/c1-21-11-7-8-12-13(9-11)17-14(19-18-12)15(20)16-10-5-3-2-4-6-10/h7-10H,2-6H2,1H3,(H,16,20). The van der Waals surface area contributed by atoms with Crippen LogP contribution in [-0.2, 0) is 0 Å². The molecule has 1 aliphatic carbocycles. The molecular formula is C15H18N4O2. The summed E-state index contributed by atoms with van der Waals surface area (Å²) in [5, 5.41) is 10.9. The maximum absolute atomic E-state index is 12.2. The molecule has 1 saturated carbocycles. The van der Waals surface area contributed by atoms with Crippen LogP contribution in [0.1, 0.15) is 42.7 Å². The molecule has 1 amide bonds. The van der Waals surface area contributed by atoms with E-state index in [1.54, 1.807) is 25.3 Å². The minimum atomic E-state index is -0.251. The summed E-state index contributed by atoms with van der Waals surface area (Å²) in [5.41, 5.74) is 1.25. The summed E-state index contributed by atoms with van der Waals surface area (Å²) in [6, 6.07) is 5.55. The SMILES string of the molecule is COc1ccc2nnc(C(=O)NC3CCCCC3)nc2c1. The van der Waals surface area contributed by atoms with E-state index in [4.69, 9.17) is 4.74 Å². The summed E-state index contributed by atoms with van der Waals surface area (Å²) < 4.78 is 5.16. The van der Waals surface area contributed by atoms with Gasteiger partial charge in [-0.2, -0.15) is 0 Å². The molecule has 1 aromatic carbocycles. The number of nitrogens with one attached hydrogen (secondary N) is 1. The van der Waals surface area contributed by atoms with Crippen LogP contribution in [0, 0.1) is 0 Å². The number of benzene rings is 1. The fourth-order valence-electron chi connectivity index (χ4n) is 2.64. The Labute approximate surface area is 122 Å². The molecule has 1 aromatic heterocycles. The first-order valence-corrected chi connectivity index (χ1v) is 7.25. The smallest absolute Gasteiger partial charge is 0.291 e. The van der Waals surface area contributed by atoms with Crippen LogP contribution >= 0.6 is 0 Å². The molecule has 1 heterocycles.